The second-order valence-corrected chi connectivity index (χ2v) is 3.47. The van der Waals surface area contributed by atoms with Crippen LogP contribution in [0.25, 0.3) is 0 Å². The molecule has 0 saturated heterocycles. The molecule has 1 aromatic carbocycles. The van der Waals surface area contributed by atoms with Crippen molar-refractivity contribution in [3.05, 3.63) is 34.6 Å². The lowest BCUT2D eigenvalue weighted by molar-refractivity contribution is 0.616. The van der Waals surface area contributed by atoms with Crippen LogP contribution in [0, 0.1) is 5.82 Å². The summed E-state index contributed by atoms with van der Waals surface area (Å²) in [7, 11) is 0. The average Bonchev–Trinajstić information content (AvgIpc) is 2.04. The largest absolute Gasteiger partial charge is 0.324 e. The molecule has 2 N–H and O–H groups in total. The van der Waals surface area contributed by atoms with Crippen molar-refractivity contribution in [1.29, 1.82) is 0 Å². The Kier molecular flexibility index (Phi) is 3.70. The van der Waals surface area contributed by atoms with Crippen LogP contribution >= 0.6 is 11.6 Å². The lowest BCUT2D eigenvalue weighted by Crippen LogP contribution is -2.10. The lowest BCUT2D eigenvalue weighted by atomic mass is 10.0. The van der Waals surface area contributed by atoms with Crippen LogP contribution in [0.5, 0.6) is 0 Å². The van der Waals surface area contributed by atoms with Gasteiger partial charge in [-0.2, -0.15) is 0 Å². The first-order valence-electron chi connectivity index (χ1n) is 4.35. The van der Waals surface area contributed by atoms with Crippen LogP contribution in [0.4, 0.5) is 4.39 Å². The summed E-state index contributed by atoms with van der Waals surface area (Å²) in [6.07, 6.45) is 1.86. The Labute approximate surface area is 82.7 Å². The summed E-state index contributed by atoms with van der Waals surface area (Å²) >= 11 is 5.84. The molecule has 0 amide bonds. The summed E-state index contributed by atoms with van der Waals surface area (Å²) < 4.78 is 12.7. The van der Waals surface area contributed by atoms with E-state index in [0.717, 1.165) is 18.4 Å². The van der Waals surface area contributed by atoms with Gasteiger partial charge in [0.2, 0.25) is 0 Å². The SMILES string of the molecule is CCC[C@H](N)c1ccc(F)cc1Cl. The minimum Gasteiger partial charge on any atom is -0.324 e. The van der Waals surface area contributed by atoms with Crippen molar-refractivity contribution < 1.29 is 4.39 Å². The molecule has 0 aliphatic carbocycles. The van der Waals surface area contributed by atoms with E-state index in [4.69, 9.17) is 17.3 Å². The minimum absolute atomic E-state index is 0.0851. The number of nitrogens with two attached hydrogens (primary N) is 1. The van der Waals surface area contributed by atoms with E-state index >= 15 is 0 Å². The molecule has 1 rings (SSSR count). The van der Waals surface area contributed by atoms with Crippen LogP contribution in [0.2, 0.25) is 5.02 Å². The molecule has 1 atom stereocenters. The molecular formula is C10H13ClFN. The summed E-state index contributed by atoms with van der Waals surface area (Å²) in [5.74, 6) is -0.322. The molecule has 13 heavy (non-hydrogen) atoms. The normalized spacial score (nSPS) is 12.9. The van der Waals surface area contributed by atoms with Crippen LogP contribution in [0.15, 0.2) is 18.2 Å². The Morgan fingerprint density at radius 2 is 2.23 bits per heavy atom. The summed E-state index contributed by atoms with van der Waals surface area (Å²) in [6.45, 7) is 2.05. The molecule has 3 heteroatoms. The third-order valence-electron chi connectivity index (χ3n) is 1.96. The van der Waals surface area contributed by atoms with E-state index in [1.807, 2.05) is 0 Å². The molecule has 0 saturated carbocycles. The Morgan fingerprint density at radius 3 is 2.77 bits per heavy atom. The van der Waals surface area contributed by atoms with Crippen molar-refractivity contribution >= 4 is 11.6 Å². The number of hydrogen-bond donors (Lipinski definition) is 1. The van der Waals surface area contributed by atoms with Crippen molar-refractivity contribution in [3.8, 4) is 0 Å². The van der Waals surface area contributed by atoms with Gasteiger partial charge in [0.1, 0.15) is 5.82 Å². The summed E-state index contributed by atoms with van der Waals surface area (Å²) in [5, 5.41) is 0.418. The van der Waals surface area contributed by atoms with Gasteiger partial charge in [-0.25, -0.2) is 4.39 Å². The third-order valence-corrected chi connectivity index (χ3v) is 2.29. The maximum Gasteiger partial charge on any atom is 0.124 e. The topological polar surface area (TPSA) is 26.0 Å². The zero-order valence-electron chi connectivity index (χ0n) is 7.56. The lowest BCUT2D eigenvalue weighted by Gasteiger charge is -2.12. The molecule has 0 fully saturated rings. The highest BCUT2D eigenvalue weighted by Gasteiger charge is 2.09. The number of halogens is 2. The van der Waals surface area contributed by atoms with E-state index in [9.17, 15) is 4.39 Å². The number of benzene rings is 1. The first kappa shape index (κ1) is 10.5. The molecule has 0 radical (unpaired) electrons. The molecule has 0 aliphatic heterocycles. The molecular weight excluding hydrogens is 189 g/mol. The van der Waals surface area contributed by atoms with Gasteiger partial charge in [0, 0.05) is 11.1 Å². The van der Waals surface area contributed by atoms with E-state index in [0.29, 0.717) is 5.02 Å². The summed E-state index contributed by atoms with van der Waals surface area (Å²) in [4.78, 5) is 0. The Bertz CT molecular complexity index is 288. The smallest absolute Gasteiger partial charge is 0.124 e. The molecule has 0 aromatic heterocycles. The van der Waals surface area contributed by atoms with E-state index in [1.54, 1.807) is 6.07 Å². The van der Waals surface area contributed by atoms with Crippen LogP contribution in [-0.4, -0.2) is 0 Å². The second-order valence-electron chi connectivity index (χ2n) is 3.06. The molecule has 0 unspecified atom stereocenters. The van der Waals surface area contributed by atoms with Crippen LogP contribution in [0.1, 0.15) is 31.4 Å². The molecule has 0 aliphatic rings. The van der Waals surface area contributed by atoms with Gasteiger partial charge in [-0.1, -0.05) is 31.0 Å². The maximum atomic E-state index is 12.7. The number of hydrogen-bond acceptors (Lipinski definition) is 1. The predicted octanol–water partition coefficient (Wildman–Crippen LogP) is 3.28. The van der Waals surface area contributed by atoms with Crippen molar-refractivity contribution in [2.24, 2.45) is 5.73 Å². The highest BCUT2D eigenvalue weighted by Crippen LogP contribution is 2.24. The highest BCUT2D eigenvalue weighted by molar-refractivity contribution is 6.31. The van der Waals surface area contributed by atoms with E-state index < -0.39 is 0 Å². The van der Waals surface area contributed by atoms with E-state index in [1.165, 1.54) is 12.1 Å². The molecule has 72 valence electrons. The van der Waals surface area contributed by atoms with Gasteiger partial charge in [0.25, 0.3) is 0 Å². The zero-order valence-corrected chi connectivity index (χ0v) is 8.31. The Hall–Kier alpha value is -0.600. The molecule has 1 nitrogen and oxygen atoms in total. The van der Waals surface area contributed by atoms with Gasteiger partial charge in [-0.3, -0.25) is 0 Å². The van der Waals surface area contributed by atoms with Gasteiger partial charge >= 0.3 is 0 Å². The molecule has 0 spiro atoms. The van der Waals surface area contributed by atoms with Crippen molar-refractivity contribution in [2.45, 2.75) is 25.8 Å². The molecule has 1 aromatic rings. The van der Waals surface area contributed by atoms with Crippen molar-refractivity contribution in [2.75, 3.05) is 0 Å². The van der Waals surface area contributed by atoms with Gasteiger partial charge in [0.05, 0.1) is 0 Å². The minimum atomic E-state index is -0.322. The zero-order chi connectivity index (χ0) is 9.84. The van der Waals surface area contributed by atoms with Gasteiger partial charge < -0.3 is 5.73 Å². The third kappa shape index (κ3) is 2.68. The standard InChI is InChI=1S/C10H13ClFN/c1-2-3-10(13)8-5-4-7(12)6-9(8)11/h4-6,10H,2-3,13H2,1H3/t10-/m0/s1. The van der Waals surface area contributed by atoms with Gasteiger partial charge in [-0.05, 0) is 24.1 Å². The summed E-state index contributed by atoms with van der Waals surface area (Å²) in [5.41, 5.74) is 6.67. The van der Waals surface area contributed by atoms with Crippen molar-refractivity contribution in [3.63, 3.8) is 0 Å². The predicted molar refractivity (Wildman–Crippen MR) is 53.2 cm³/mol. The van der Waals surface area contributed by atoms with E-state index in [-0.39, 0.29) is 11.9 Å². The Morgan fingerprint density at radius 1 is 1.54 bits per heavy atom. The van der Waals surface area contributed by atoms with Crippen LogP contribution in [-0.2, 0) is 0 Å². The molecule has 0 heterocycles. The fourth-order valence-electron chi connectivity index (χ4n) is 1.27. The highest BCUT2D eigenvalue weighted by atomic mass is 35.5. The first-order chi connectivity index (χ1) is 6.15. The maximum absolute atomic E-state index is 12.7. The van der Waals surface area contributed by atoms with Gasteiger partial charge in [0.15, 0.2) is 0 Å². The monoisotopic (exact) mass is 201 g/mol. The second kappa shape index (κ2) is 4.58. The van der Waals surface area contributed by atoms with Crippen molar-refractivity contribution in [1.82, 2.24) is 0 Å². The molecule has 0 bridgehead atoms. The summed E-state index contributed by atoms with van der Waals surface area (Å²) in [6, 6.07) is 4.25. The van der Waals surface area contributed by atoms with E-state index in [2.05, 4.69) is 6.92 Å². The quantitative estimate of drug-likeness (QED) is 0.798. The number of rotatable bonds is 3. The van der Waals surface area contributed by atoms with Crippen LogP contribution in [0.3, 0.4) is 0 Å². The fourth-order valence-corrected chi connectivity index (χ4v) is 1.58. The average molecular weight is 202 g/mol. The first-order valence-corrected chi connectivity index (χ1v) is 4.73. The van der Waals surface area contributed by atoms with Crippen LogP contribution < -0.4 is 5.73 Å². The Balaban J connectivity index is 2.88. The fraction of sp³-hybridized carbons (Fsp3) is 0.400. The van der Waals surface area contributed by atoms with Gasteiger partial charge in [-0.15, -0.1) is 0 Å².